The summed E-state index contributed by atoms with van der Waals surface area (Å²) in [5.41, 5.74) is 3.03. The summed E-state index contributed by atoms with van der Waals surface area (Å²) in [4.78, 5) is 2.75. The minimum absolute atomic E-state index is 0.382. The maximum Gasteiger partial charge on any atom is 0.231 e. The monoisotopic (exact) mass is 449 g/mol. The van der Waals surface area contributed by atoms with Gasteiger partial charge in [0.1, 0.15) is 0 Å². The van der Waals surface area contributed by atoms with Gasteiger partial charge in [-0.2, -0.15) is 0 Å². The smallest absolute Gasteiger partial charge is 0.231 e. The van der Waals surface area contributed by atoms with Crippen molar-refractivity contribution in [1.82, 2.24) is 15.1 Å². The Morgan fingerprint density at radius 2 is 1.59 bits per heavy atom. The second-order valence-corrected chi connectivity index (χ2v) is 10.3. The summed E-state index contributed by atoms with van der Waals surface area (Å²) in [6.45, 7) is 7.57. The molecule has 1 aliphatic carbocycles. The third-order valence-electron chi connectivity index (χ3n) is 7.69. The highest BCUT2D eigenvalue weighted by Gasteiger charge is 2.45. The quantitative estimate of drug-likeness (QED) is 0.441. The van der Waals surface area contributed by atoms with Crippen LogP contribution in [0.2, 0.25) is 5.02 Å². The summed E-state index contributed by atoms with van der Waals surface area (Å²) in [6, 6.07) is 18.1. The zero-order chi connectivity index (χ0) is 22.3. The third kappa shape index (κ3) is 3.88. The van der Waals surface area contributed by atoms with E-state index in [4.69, 9.17) is 16.0 Å². The van der Waals surface area contributed by atoms with E-state index in [9.17, 15) is 0 Å². The summed E-state index contributed by atoms with van der Waals surface area (Å²) < 4.78 is 6.19. The van der Waals surface area contributed by atoms with Gasteiger partial charge in [-0.3, -0.25) is 4.90 Å². The molecule has 1 aromatic heterocycles. The molecule has 32 heavy (non-hydrogen) atoms. The number of piperidine rings is 2. The van der Waals surface area contributed by atoms with Crippen molar-refractivity contribution in [2.45, 2.75) is 70.4 Å². The fourth-order valence-electron chi connectivity index (χ4n) is 5.98. The van der Waals surface area contributed by atoms with E-state index in [0.29, 0.717) is 23.9 Å². The molecule has 2 atom stereocenters. The van der Waals surface area contributed by atoms with Crippen molar-refractivity contribution < 1.29 is 4.42 Å². The first kappa shape index (κ1) is 21.7. The Bertz CT molecular complexity index is 1010. The minimum atomic E-state index is -0.532. The van der Waals surface area contributed by atoms with E-state index in [-0.39, 0.29) is 0 Å². The van der Waals surface area contributed by atoms with Gasteiger partial charge in [0, 0.05) is 30.6 Å². The fraction of sp³-hybridized carbons (Fsp3) is 0.481. The van der Waals surface area contributed by atoms with E-state index in [1.165, 1.54) is 43.4 Å². The van der Waals surface area contributed by atoms with Crippen molar-refractivity contribution in [2.75, 3.05) is 6.54 Å². The zero-order valence-corrected chi connectivity index (χ0v) is 20.0. The number of aryl methyl sites for hydroxylation is 2. The molecule has 168 valence electrons. The molecule has 0 amide bonds. The molecule has 5 heteroatoms. The molecule has 0 N–H and O–H groups in total. The average molecular weight is 450 g/mol. The maximum atomic E-state index is 6.29. The van der Waals surface area contributed by atoms with E-state index < -0.39 is 5.41 Å². The van der Waals surface area contributed by atoms with E-state index in [0.717, 1.165) is 22.9 Å². The van der Waals surface area contributed by atoms with Gasteiger partial charge < -0.3 is 4.42 Å². The molecule has 3 fully saturated rings. The van der Waals surface area contributed by atoms with Crippen LogP contribution in [-0.2, 0) is 5.41 Å². The SMILES string of the molecule is Cc1ccc(C(CC(C)N2CC3CCC2CC3)(c2ccc(Cl)cc2)c2nnc(C)o2)cc1. The van der Waals surface area contributed by atoms with Gasteiger partial charge in [0.05, 0.1) is 5.41 Å². The van der Waals surface area contributed by atoms with Crippen molar-refractivity contribution in [1.29, 1.82) is 0 Å². The van der Waals surface area contributed by atoms with Gasteiger partial charge in [-0.05, 0) is 75.1 Å². The number of rotatable bonds is 6. The van der Waals surface area contributed by atoms with E-state index in [1.54, 1.807) is 0 Å². The van der Waals surface area contributed by atoms with Crippen molar-refractivity contribution in [3.05, 3.63) is 82.0 Å². The number of hydrogen-bond acceptors (Lipinski definition) is 4. The topological polar surface area (TPSA) is 42.2 Å². The van der Waals surface area contributed by atoms with Crippen LogP contribution < -0.4 is 0 Å². The van der Waals surface area contributed by atoms with Crippen LogP contribution in [0.1, 0.15) is 67.5 Å². The average Bonchev–Trinajstić information content (AvgIpc) is 3.26. The number of aromatic nitrogens is 2. The second kappa shape index (κ2) is 8.64. The molecule has 1 saturated carbocycles. The lowest BCUT2D eigenvalue weighted by Gasteiger charge is -2.49. The van der Waals surface area contributed by atoms with Gasteiger partial charge in [0.15, 0.2) is 0 Å². The van der Waals surface area contributed by atoms with Crippen LogP contribution in [0.25, 0.3) is 0 Å². The molecule has 2 saturated heterocycles. The van der Waals surface area contributed by atoms with E-state index in [2.05, 4.69) is 65.3 Å². The molecular formula is C27H32ClN3O. The Morgan fingerprint density at radius 1 is 0.969 bits per heavy atom. The van der Waals surface area contributed by atoms with Crippen LogP contribution in [0.15, 0.2) is 52.9 Å². The Morgan fingerprint density at radius 3 is 2.12 bits per heavy atom. The predicted molar refractivity (Wildman–Crippen MR) is 128 cm³/mol. The van der Waals surface area contributed by atoms with Gasteiger partial charge >= 0.3 is 0 Å². The molecule has 6 rings (SSSR count). The van der Waals surface area contributed by atoms with Gasteiger partial charge in [0.2, 0.25) is 11.8 Å². The number of halogens is 1. The first-order chi connectivity index (χ1) is 15.5. The zero-order valence-electron chi connectivity index (χ0n) is 19.2. The molecule has 0 radical (unpaired) electrons. The fourth-order valence-corrected chi connectivity index (χ4v) is 6.11. The number of hydrogen-bond donors (Lipinski definition) is 0. The molecule has 2 bridgehead atoms. The summed E-state index contributed by atoms with van der Waals surface area (Å²) >= 11 is 6.29. The van der Waals surface area contributed by atoms with Crippen LogP contribution in [-0.4, -0.2) is 33.7 Å². The van der Waals surface area contributed by atoms with Gasteiger partial charge in [-0.1, -0.05) is 53.6 Å². The molecule has 3 aromatic rings. The number of benzene rings is 2. The van der Waals surface area contributed by atoms with Crippen molar-refractivity contribution in [3.63, 3.8) is 0 Å². The minimum Gasteiger partial charge on any atom is -0.424 e. The van der Waals surface area contributed by atoms with Gasteiger partial charge in [-0.25, -0.2) is 0 Å². The van der Waals surface area contributed by atoms with Crippen molar-refractivity contribution in [2.24, 2.45) is 5.92 Å². The largest absolute Gasteiger partial charge is 0.424 e. The second-order valence-electron chi connectivity index (χ2n) is 9.83. The molecule has 2 aromatic carbocycles. The summed E-state index contributed by atoms with van der Waals surface area (Å²) in [6.07, 6.45) is 6.30. The number of nitrogens with zero attached hydrogens (tertiary/aromatic N) is 3. The van der Waals surface area contributed by atoms with E-state index in [1.807, 2.05) is 19.1 Å². The van der Waals surface area contributed by atoms with Gasteiger partial charge in [-0.15, -0.1) is 10.2 Å². The summed E-state index contributed by atoms with van der Waals surface area (Å²) in [7, 11) is 0. The first-order valence-electron chi connectivity index (χ1n) is 11.9. The third-order valence-corrected chi connectivity index (χ3v) is 7.95. The van der Waals surface area contributed by atoms with Gasteiger partial charge in [0.25, 0.3) is 0 Å². The lowest BCUT2D eigenvalue weighted by atomic mass is 9.69. The highest BCUT2D eigenvalue weighted by atomic mass is 35.5. The maximum absolute atomic E-state index is 6.29. The highest BCUT2D eigenvalue weighted by Crippen LogP contribution is 2.45. The Balaban J connectivity index is 1.64. The van der Waals surface area contributed by atoms with Crippen molar-refractivity contribution >= 4 is 11.6 Å². The molecule has 3 heterocycles. The van der Waals surface area contributed by atoms with Crippen LogP contribution in [0.4, 0.5) is 0 Å². The van der Waals surface area contributed by atoms with Crippen LogP contribution >= 0.6 is 11.6 Å². The summed E-state index contributed by atoms with van der Waals surface area (Å²) in [5, 5.41) is 9.57. The molecule has 4 nitrogen and oxygen atoms in total. The van der Waals surface area contributed by atoms with Crippen LogP contribution in [0.5, 0.6) is 0 Å². The van der Waals surface area contributed by atoms with E-state index >= 15 is 0 Å². The highest BCUT2D eigenvalue weighted by molar-refractivity contribution is 6.30. The number of fused-ring (bicyclic) bond motifs is 3. The summed E-state index contributed by atoms with van der Waals surface area (Å²) in [5.74, 6) is 2.10. The molecule has 2 unspecified atom stereocenters. The molecule has 0 spiro atoms. The first-order valence-corrected chi connectivity index (χ1v) is 12.2. The lowest BCUT2D eigenvalue weighted by molar-refractivity contribution is 0.0118. The molecule has 2 aliphatic heterocycles. The normalized spacial score (nSPS) is 23.8. The van der Waals surface area contributed by atoms with Crippen molar-refractivity contribution in [3.8, 4) is 0 Å². The Labute approximate surface area is 196 Å². The lowest BCUT2D eigenvalue weighted by Crippen LogP contribution is -2.53. The predicted octanol–water partition coefficient (Wildman–Crippen LogP) is 6.33. The Kier molecular flexibility index (Phi) is 5.85. The standard InChI is InChI=1S/C27H32ClN3O/c1-18-4-8-22(9-5-18)27(26-30-29-20(3)32-26,23-10-12-24(28)13-11-23)16-19(2)31-17-21-6-14-25(31)15-7-21/h4-5,8-13,19,21,25H,6-7,14-17H2,1-3H3. The van der Waals surface area contributed by atoms with Crippen LogP contribution in [0, 0.1) is 19.8 Å². The molecule has 3 aliphatic rings. The molecular weight excluding hydrogens is 418 g/mol. The Hall–Kier alpha value is -2.17. The van der Waals surface area contributed by atoms with Crippen LogP contribution in [0.3, 0.4) is 0 Å².